The van der Waals surface area contributed by atoms with Crippen LogP contribution in [0.3, 0.4) is 0 Å². The number of anilines is 1. The molecule has 7 nitrogen and oxygen atoms in total. The van der Waals surface area contributed by atoms with E-state index >= 15 is 0 Å². The Hall–Kier alpha value is -3.61. The molecule has 1 N–H and O–H groups in total. The molecule has 7 heteroatoms. The topological polar surface area (TPSA) is 78.3 Å². The van der Waals surface area contributed by atoms with Gasteiger partial charge in [0.15, 0.2) is 11.5 Å². The molecule has 0 fully saturated rings. The maximum atomic E-state index is 12.9. The second kappa shape index (κ2) is 7.43. The van der Waals surface area contributed by atoms with E-state index in [4.69, 9.17) is 14.5 Å². The Bertz CT molecular complexity index is 1210. The number of aryl methyl sites for hydroxylation is 2. The van der Waals surface area contributed by atoms with Gasteiger partial charge in [0, 0.05) is 23.6 Å². The van der Waals surface area contributed by atoms with Crippen LogP contribution in [-0.4, -0.2) is 34.9 Å². The van der Waals surface area contributed by atoms with Gasteiger partial charge < -0.3 is 14.8 Å². The standard InChI is InChI=1S/C22H22N4O3/c1-5-26-21-18(11-14-8-13(2)6-7-19(14)23-21)20(25-26)24-22(27)15-9-16(28-3)12-17(10-15)29-4/h6-12H,5H2,1-4H3,(H,24,25,27). The van der Waals surface area contributed by atoms with Crippen LogP contribution in [0.25, 0.3) is 21.9 Å². The Morgan fingerprint density at radius 1 is 1.07 bits per heavy atom. The Morgan fingerprint density at radius 3 is 2.45 bits per heavy atom. The summed E-state index contributed by atoms with van der Waals surface area (Å²) in [5, 5.41) is 9.28. The number of carbonyl (C=O) groups is 1. The summed E-state index contributed by atoms with van der Waals surface area (Å²) in [6.07, 6.45) is 0. The van der Waals surface area contributed by atoms with Crippen LogP contribution in [0, 0.1) is 6.92 Å². The van der Waals surface area contributed by atoms with Gasteiger partial charge in [0.2, 0.25) is 0 Å². The van der Waals surface area contributed by atoms with E-state index in [0.29, 0.717) is 29.4 Å². The third kappa shape index (κ3) is 3.47. The number of aromatic nitrogens is 3. The molecule has 2 aromatic heterocycles. The number of rotatable bonds is 5. The molecular weight excluding hydrogens is 368 g/mol. The summed E-state index contributed by atoms with van der Waals surface area (Å²) in [5.41, 5.74) is 3.20. The van der Waals surface area contributed by atoms with Gasteiger partial charge in [-0.1, -0.05) is 11.6 Å². The summed E-state index contributed by atoms with van der Waals surface area (Å²) in [7, 11) is 3.09. The van der Waals surface area contributed by atoms with Crippen LogP contribution in [-0.2, 0) is 6.54 Å². The first kappa shape index (κ1) is 18.7. The van der Waals surface area contributed by atoms with Crippen molar-refractivity contribution in [3.05, 3.63) is 53.6 Å². The fraction of sp³-hybridized carbons (Fsp3) is 0.227. The molecule has 1 amide bonds. The molecule has 0 radical (unpaired) electrons. The Balaban J connectivity index is 1.78. The lowest BCUT2D eigenvalue weighted by Gasteiger charge is -2.08. The maximum absolute atomic E-state index is 12.9. The number of nitrogens with one attached hydrogen (secondary N) is 1. The number of carbonyl (C=O) groups excluding carboxylic acids is 1. The number of ether oxygens (including phenoxy) is 2. The molecule has 0 saturated heterocycles. The highest BCUT2D eigenvalue weighted by Gasteiger charge is 2.17. The molecule has 2 heterocycles. The first-order valence-corrected chi connectivity index (χ1v) is 9.34. The fourth-order valence-electron chi connectivity index (χ4n) is 3.31. The Morgan fingerprint density at radius 2 is 1.79 bits per heavy atom. The average Bonchev–Trinajstić information content (AvgIpc) is 3.07. The van der Waals surface area contributed by atoms with Gasteiger partial charge in [0.1, 0.15) is 11.5 Å². The van der Waals surface area contributed by atoms with Crippen LogP contribution in [0.2, 0.25) is 0 Å². The lowest BCUT2D eigenvalue weighted by molar-refractivity contribution is 0.102. The molecule has 0 aliphatic carbocycles. The van der Waals surface area contributed by atoms with Gasteiger partial charge in [-0.15, -0.1) is 0 Å². The summed E-state index contributed by atoms with van der Waals surface area (Å²) >= 11 is 0. The van der Waals surface area contributed by atoms with Gasteiger partial charge in [0.05, 0.1) is 25.1 Å². The fourth-order valence-corrected chi connectivity index (χ4v) is 3.31. The zero-order valence-corrected chi connectivity index (χ0v) is 16.8. The summed E-state index contributed by atoms with van der Waals surface area (Å²) in [6, 6.07) is 13.2. The molecule has 0 saturated carbocycles. The lowest BCUT2D eigenvalue weighted by atomic mass is 10.1. The Kier molecular flexibility index (Phi) is 4.80. The van der Waals surface area contributed by atoms with Crippen molar-refractivity contribution in [3.63, 3.8) is 0 Å². The van der Waals surface area contributed by atoms with Crippen molar-refractivity contribution in [3.8, 4) is 11.5 Å². The third-order valence-electron chi connectivity index (χ3n) is 4.82. The highest BCUT2D eigenvalue weighted by molar-refractivity contribution is 6.09. The van der Waals surface area contributed by atoms with E-state index in [1.807, 2.05) is 32.0 Å². The second-order valence-electron chi connectivity index (χ2n) is 6.78. The van der Waals surface area contributed by atoms with E-state index in [1.54, 1.807) is 37.1 Å². The van der Waals surface area contributed by atoms with Crippen molar-refractivity contribution >= 4 is 33.7 Å². The van der Waals surface area contributed by atoms with E-state index in [9.17, 15) is 4.79 Å². The van der Waals surface area contributed by atoms with E-state index in [-0.39, 0.29) is 5.91 Å². The quantitative estimate of drug-likeness (QED) is 0.553. The van der Waals surface area contributed by atoms with Crippen LogP contribution in [0.15, 0.2) is 42.5 Å². The first-order valence-electron chi connectivity index (χ1n) is 9.34. The number of fused-ring (bicyclic) bond motifs is 2. The van der Waals surface area contributed by atoms with E-state index < -0.39 is 0 Å². The largest absolute Gasteiger partial charge is 0.497 e. The van der Waals surface area contributed by atoms with Crippen molar-refractivity contribution < 1.29 is 14.3 Å². The third-order valence-corrected chi connectivity index (χ3v) is 4.82. The SMILES string of the molecule is CCn1nc(NC(=O)c2cc(OC)cc(OC)c2)c2cc3cc(C)ccc3nc21. The van der Waals surface area contributed by atoms with Crippen LogP contribution in [0.1, 0.15) is 22.8 Å². The number of pyridine rings is 1. The summed E-state index contributed by atoms with van der Waals surface area (Å²) < 4.78 is 12.3. The predicted octanol–water partition coefficient (Wildman–Crippen LogP) is 4.18. The minimum Gasteiger partial charge on any atom is -0.497 e. The molecule has 0 bridgehead atoms. The Labute approximate surface area is 168 Å². The summed E-state index contributed by atoms with van der Waals surface area (Å²) in [4.78, 5) is 17.7. The van der Waals surface area contributed by atoms with Gasteiger partial charge in [-0.25, -0.2) is 9.67 Å². The molecule has 0 spiro atoms. The predicted molar refractivity (Wildman–Crippen MR) is 113 cm³/mol. The molecular formula is C22H22N4O3. The van der Waals surface area contributed by atoms with E-state index in [1.165, 1.54) is 0 Å². The van der Waals surface area contributed by atoms with Gasteiger partial charge in [0.25, 0.3) is 5.91 Å². The molecule has 0 atom stereocenters. The number of hydrogen-bond donors (Lipinski definition) is 1. The van der Waals surface area contributed by atoms with Crippen LogP contribution in [0.4, 0.5) is 5.82 Å². The van der Waals surface area contributed by atoms with E-state index in [0.717, 1.165) is 27.5 Å². The first-order chi connectivity index (χ1) is 14.0. The number of benzene rings is 2. The minimum atomic E-state index is -0.297. The zero-order valence-electron chi connectivity index (χ0n) is 16.8. The van der Waals surface area contributed by atoms with Crippen molar-refractivity contribution in [2.75, 3.05) is 19.5 Å². The lowest BCUT2D eigenvalue weighted by Crippen LogP contribution is -2.13. The number of hydrogen-bond acceptors (Lipinski definition) is 5. The number of amides is 1. The van der Waals surface area contributed by atoms with Crippen LogP contribution >= 0.6 is 0 Å². The van der Waals surface area contributed by atoms with Crippen molar-refractivity contribution in [2.24, 2.45) is 0 Å². The normalized spacial score (nSPS) is 11.0. The maximum Gasteiger partial charge on any atom is 0.257 e. The van der Waals surface area contributed by atoms with Gasteiger partial charge in [-0.05, 0) is 44.2 Å². The molecule has 0 aliphatic heterocycles. The van der Waals surface area contributed by atoms with Crippen molar-refractivity contribution in [1.29, 1.82) is 0 Å². The number of methoxy groups -OCH3 is 2. The molecule has 29 heavy (non-hydrogen) atoms. The van der Waals surface area contributed by atoms with E-state index in [2.05, 4.69) is 16.5 Å². The monoisotopic (exact) mass is 390 g/mol. The molecule has 148 valence electrons. The number of nitrogens with zero attached hydrogens (tertiary/aromatic N) is 3. The van der Waals surface area contributed by atoms with Gasteiger partial charge in [-0.3, -0.25) is 4.79 Å². The van der Waals surface area contributed by atoms with Gasteiger partial charge in [-0.2, -0.15) is 5.10 Å². The smallest absolute Gasteiger partial charge is 0.257 e. The zero-order chi connectivity index (χ0) is 20.5. The molecule has 0 aliphatic rings. The minimum absolute atomic E-state index is 0.297. The molecule has 4 rings (SSSR count). The van der Waals surface area contributed by atoms with Crippen molar-refractivity contribution in [1.82, 2.24) is 14.8 Å². The molecule has 4 aromatic rings. The van der Waals surface area contributed by atoms with Gasteiger partial charge >= 0.3 is 0 Å². The summed E-state index contributed by atoms with van der Waals surface area (Å²) in [6.45, 7) is 4.67. The highest BCUT2D eigenvalue weighted by Crippen LogP contribution is 2.28. The van der Waals surface area contributed by atoms with Crippen molar-refractivity contribution in [2.45, 2.75) is 20.4 Å². The van der Waals surface area contributed by atoms with Crippen LogP contribution < -0.4 is 14.8 Å². The average molecular weight is 390 g/mol. The highest BCUT2D eigenvalue weighted by atomic mass is 16.5. The second-order valence-corrected chi connectivity index (χ2v) is 6.78. The van der Waals surface area contributed by atoms with Crippen LogP contribution in [0.5, 0.6) is 11.5 Å². The molecule has 0 unspecified atom stereocenters. The molecule has 2 aromatic carbocycles. The summed E-state index contributed by atoms with van der Waals surface area (Å²) in [5.74, 6) is 1.27.